The van der Waals surface area contributed by atoms with E-state index in [0.29, 0.717) is 0 Å². The van der Waals surface area contributed by atoms with Gasteiger partial charge in [0.2, 0.25) is 0 Å². The van der Waals surface area contributed by atoms with Crippen LogP contribution in [0.3, 0.4) is 0 Å². The average molecular weight is 99.1 g/mol. The summed E-state index contributed by atoms with van der Waals surface area (Å²) < 4.78 is 0. The Hall–Kier alpha value is -1.08. The maximum atomic E-state index is 9.91. The van der Waals surface area contributed by atoms with Crippen molar-refractivity contribution in [1.82, 2.24) is 0 Å². The molecule has 0 aromatic heterocycles. The molecule has 0 bridgehead atoms. The smallest absolute Gasteiger partial charge is 0.161 e. The topological polar surface area (TPSA) is 49.7 Å². The first kappa shape index (κ1) is 5.92. The quantitative estimate of drug-likeness (QED) is 0.221. The Kier molecular flexibility index (Phi) is 2.64. The highest BCUT2D eigenvalue weighted by molar-refractivity contribution is 5.94. The minimum Gasteiger partial charge on any atom is -0.404 e. The number of hydrogen-bond acceptors (Lipinski definition) is 3. The van der Waals surface area contributed by atoms with Gasteiger partial charge < -0.3 is 5.21 Å². The van der Waals surface area contributed by atoms with Gasteiger partial charge in [-0.15, -0.1) is 0 Å². The van der Waals surface area contributed by atoms with Crippen molar-refractivity contribution in [2.75, 3.05) is 0 Å². The summed E-state index contributed by atoms with van der Waals surface area (Å²) in [7, 11) is 0. The van der Waals surface area contributed by atoms with Gasteiger partial charge in [-0.2, -0.15) is 0 Å². The van der Waals surface area contributed by atoms with Crippen molar-refractivity contribution in [3.63, 3.8) is 0 Å². The molecular weight excluding hydrogens is 94.0 g/mol. The van der Waals surface area contributed by atoms with Crippen molar-refractivity contribution in [2.45, 2.75) is 6.92 Å². The first-order chi connectivity index (χ1) is 3.27. The summed E-state index contributed by atoms with van der Waals surface area (Å²) >= 11 is 0. The first-order valence-corrected chi connectivity index (χ1v) is 1.71. The Morgan fingerprint density at radius 3 is 2.71 bits per heavy atom. The number of rotatable bonds is 1. The van der Waals surface area contributed by atoms with E-state index < -0.39 is 0 Å². The summed E-state index contributed by atoms with van der Waals surface area (Å²) in [5.74, 6) is 1.77. The van der Waals surface area contributed by atoms with Crippen LogP contribution in [0.4, 0.5) is 0 Å². The lowest BCUT2D eigenvalue weighted by Gasteiger charge is -1.64. The molecule has 0 unspecified atom stereocenters. The summed E-state index contributed by atoms with van der Waals surface area (Å²) in [6, 6.07) is 0. The summed E-state index contributed by atoms with van der Waals surface area (Å²) in [5, 5.41) is 10.1. The molecule has 0 aliphatic rings. The summed E-state index contributed by atoms with van der Waals surface area (Å²) in [6.07, 6.45) is 1.04. The molecule has 0 spiro atoms. The molecule has 0 heterocycles. The molecule has 0 saturated carbocycles. The number of carbonyl (C=O) groups is 1. The van der Waals surface area contributed by atoms with E-state index in [-0.39, 0.29) is 5.78 Å². The summed E-state index contributed by atoms with van der Waals surface area (Å²) in [6.45, 7) is 1.35. The second-order valence-electron chi connectivity index (χ2n) is 0.984. The molecule has 1 N–H and O–H groups in total. The zero-order chi connectivity index (χ0) is 5.70. The fraction of sp³-hybridized carbons (Fsp3) is 0.250. The number of carbonyl (C=O) groups excluding carboxylic acids is 1. The maximum Gasteiger partial charge on any atom is 0.161 e. The van der Waals surface area contributed by atoms with E-state index in [0.717, 1.165) is 6.08 Å². The third-order valence-corrected chi connectivity index (χ3v) is 0.326. The molecular formula is C4H5NO2. The van der Waals surface area contributed by atoms with E-state index in [1.54, 1.807) is 0 Å². The summed E-state index contributed by atoms with van der Waals surface area (Å²) in [4.78, 5) is 9.91. The SMILES string of the molecule is CC(=O)C=C=NO. The van der Waals surface area contributed by atoms with Crippen molar-refractivity contribution in [2.24, 2.45) is 5.16 Å². The molecule has 7 heavy (non-hydrogen) atoms. The van der Waals surface area contributed by atoms with Crippen molar-refractivity contribution in [3.8, 4) is 0 Å². The molecule has 0 rings (SSSR count). The van der Waals surface area contributed by atoms with Gasteiger partial charge in [-0.25, -0.2) is 0 Å². The molecule has 3 nitrogen and oxygen atoms in total. The Balaban J connectivity index is 3.70. The lowest BCUT2D eigenvalue weighted by Crippen LogP contribution is -1.78. The van der Waals surface area contributed by atoms with Crippen LogP contribution < -0.4 is 0 Å². The molecule has 0 aliphatic carbocycles. The molecule has 0 radical (unpaired) electrons. The lowest BCUT2D eigenvalue weighted by atomic mass is 10.5. The second kappa shape index (κ2) is 3.12. The molecule has 0 aromatic rings. The number of nitrogens with zero attached hydrogens (tertiary/aromatic N) is 1. The summed E-state index contributed by atoms with van der Waals surface area (Å²) in [5.41, 5.74) is 0. The Morgan fingerprint density at radius 2 is 2.57 bits per heavy atom. The largest absolute Gasteiger partial charge is 0.404 e. The Morgan fingerprint density at radius 1 is 2.00 bits per heavy atom. The van der Waals surface area contributed by atoms with Crippen LogP contribution in [0.15, 0.2) is 11.2 Å². The number of ketones is 1. The number of hydrogen-bond donors (Lipinski definition) is 1. The average Bonchev–Trinajstić information content (AvgIpc) is 1.61. The third-order valence-electron chi connectivity index (χ3n) is 0.326. The van der Waals surface area contributed by atoms with Gasteiger partial charge in [-0.3, -0.25) is 4.79 Å². The van der Waals surface area contributed by atoms with Crippen LogP contribution in [0.25, 0.3) is 0 Å². The fourth-order valence-electron chi connectivity index (χ4n) is 0.120. The molecule has 0 amide bonds. The zero-order valence-corrected chi connectivity index (χ0v) is 3.88. The molecule has 0 aliphatic heterocycles. The van der Waals surface area contributed by atoms with E-state index in [2.05, 4.69) is 5.16 Å². The zero-order valence-electron chi connectivity index (χ0n) is 3.88. The highest BCUT2D eigenvalue weighted by atomic mass is 16.4. The van der Waals surface area contributed by atoms with Gasteiger partial charge in [-0.1, -0.05) is 0 Å². The molecule has 38 valence electrons. The van der Waals surface area contributed by atoms with Crippen LogP contribution >= 0.6 is 0 Å². The van der Waals surface area contributed by atoms with E-state index in [4.69, 9.17) is 5.21 Å². The van der Waals surface area contributed by atoms with E-state index in [9.17, 15) is 4.79 Å². The molecule has 0 saturated heterocycles. The molecule has 3 heteroatoms. The monoisotopic (exact) mass is 99.0 g/mol. The molecule has 0 atom stereocenters. The van der Waals surface area contributed by atoms with Crippen LogP contribution in [0.5, 0.6) is 0 Å². The predicted molar refractivity (Wildman–Crippen MR) is 24.5 cm³/mol. The van der Waals surface area contributed by atoms with Gasteiger partial charge >= 0.3 is 0 Å². The Bertz CT molecular complexity index is 122. The van der Waals surface area contributed by atoms with Crippen LogP contribution in [0, 0.1) is 0 Å². The van der Waals surface area contributed by atoms with Crippen LogP contribution in [0.1, 0.15) is 6.92 Å². The molecule has 0 aromatic carbocycles. The van der Waals surface area contributed by atoms with Gasteiger partial charge in [0.1, 0.15) is 0 Å². The van der Waals surface area contributed by atoms with Crippen LogP contribution in [-0.4, -0.2) is 16.9 Å². The van der Waals surface area contributed by atoms with Gasteiger partial charge in [-0.05, 0) is 12.1 Å². The van der Waals surface area contributed by atoms with Crippen LogP contribution in [-0.2, 0) is 4.79 Å². The fourth-order valence-corrected chi connectivity index (χ4v) is 0.120. The lowest BCUT2D eigenvalue weighted by molar-refractivity contribution is -0.112. The highest BCUT2D eigenvalue weighted by Crippen LogP contribution is 1.61. The minimum atomic E-state index is -0.183. The van der Waals surface area contributed by atoms with Gasteiger partial charge in [0.15, 0.2) is 5.78 Å². The Labute approximate surface area is 40.9 Å². The third kappa shape index (κ3) is 4.92. The van der Waals surface area contributed by atoms with Gasteiger partial charge in [0, 0.05) is 11.9 Å². The van der Waals surface area contributed by atoms with E-state index in [1.165, 1.54) is 6.92 Å². The normalized spacial score (nSPS) is 6.43. The second-order valence-corrected chi connectivity index (χ2v) is 0.984. The van der Waals surface area contributed by atoms with Crippen molar-refractivity contribution in [1.29, 1.82) is 0 Å². The maximum absolute atomic E-state index is 9.91. The minimum absolute atomic E-state index is 0.183. The van der Waals surface area contributed by atoms with Crippen molar-refractivity contribution >= 4 is 11.7 Å². The van der Waals surface area contributed by atoms with Crippen molar-refractivity contribution in [3.05, 3.63) is 6.08 Å². The number of allylic oxidation sites excluding steroid dienone is 1. The predicted octanol–water partition coefficient (Wildman–Crippen LogP) is 0.190. The van der Waals surface area contributed by atoms with Gasteiger partial charge in [0.05, 0.1) is 0 Å². The molecule has 0 fully saturated rings. The van der Waals surface area contributed by atoms with E-state index >= 15 is 0 Å². The standard InChI is InChI=1S/C4H5NO2/c1-4(6)2-3-5-7/h2,7H,1H3. The van der Waals surface area contributed by atoms with Crippen LogP contribution in [0.2, 0.25) is 0 Å². The highest BCUT2D eigenvalue weighted by Gasteiger charge is 1.74. The first-order valence-electron chi connectivity index (χ1n) is 1.71. The van der Waals surface area contributed by atoms with Gasteiger partial charge in [0.25, 0.3) is 0 Å². The van der Waals surface area contributed by atoms with E-state index in [1.807, 2.05) is 5.87 Å². The van der Waals surface area contributed by atoms with Crippen molar-refractivity contribution < 1.29 is 10.0 Å².